The summed E-state index contributed by atoms with van der Waals surface area (Å²) in [6.45, 7) is 8.20. The molecule has 1 aliphatic heterocycles. The Balaban J connectivity index is 0.00000264. The smallest absolute Gasteiger partial charge is 0.194 e. The lowest BCUT2D eigenvalue weighted by atomic mass is 10.1. The maximum atomic E-state index is 5.89. The average Bonchev–Trinajstić information content (AvgIpc) is 2.97. The van der Waals surface area contributed by atoms with Gasteiger partial charge in [0.2, 0.25) is 0 Å². The lowest BCUT2D eigenvalue weighted by molar-refractivity contribution is -0.00803. The second-order valence-corrected chi connectivity index (χ2v) is 5.35. The van der Waals surface area contributed by atoms with Gasteiger partial charge >= 0.3 is 0 Å². The zero-order valence-electron chi connectivity index (χ0n) is 14.2. The van der Waals surface area contributed by atoms with E-state index in [1.807, 2.05) is 31.0 Å². The lowest BCUT2D eigenvalue weighted by Crippen LogP contribution is -2.48. The van der Waals surface area contributed by atoms with Crippen LogP contribution in [-0.2, 0) is 11.8 Å². The number of nitrogens with one attached hydrogen (secondary N) is 1. The normalized spacial score (nSPS) is 19.0. The van der Waals surface area contributed by atoms with E-state index in [9.17, 15) is 0 Å². The van der Waals surface area contributed by atoms with Crippen molar-refractivity contribution in [3.05, 3.63) is 30.1 Å². The molecule has 1 aromatic heterocycles. The maximum absolute atomic E-state index is 5.89. The lowest BCUT2D eigenvalue weighted by Gasteiger charge is -2.34. The first kappa shape index (κ1) is 20.0. The highest BCUT2D eigenvalue weighted by Gasteiger charge is 2.24. The van der Waals surface area contributed by atoms with E-state index in [1.54, 1.807) is 0 Å². The number of aromatic nitrogens is 2. The number of allylic oxidation sites excluding steroid dienone is 1. The molecule has 23 heavy (non-hydrogen) atoms. The van der Waals surface area contributed by atoms with E-state index in [4.69, 9.17) is 9.73 Å². The highest BCUT2D eigenvalue weighted by atomic mass is 127. The molecule has 7 heteroatoms. The van der Waals surface area contributed by atoms with Crippen LogP contribution >= 0.6 is 24.0 Å². The molecule has 1 saturated heterocycles. The molecule has 1 fully saturated rings. The fourth-order valence-electron chi connectivity index (χ4n) is 2.49. The molecular formula is C16H28IN5O. The summed E-state index contributed by atoms with van der Waals surface area (Å²) in [6.07, 6.45) is 9.14. The third kappa shape index (κ3) is 6.14. The van der Waals surface area contributed by atoms with E-state index >= 15 is 0 Å². The Bertz CT molecular complexity index is 514. The number of ether oxygens (including phenoxy) is 1. The number of nitrogens with zero attached hydrogens (tertiary/aromatic N) is 4. The SMILES string of the molecule is C/C=C/CCN=C(NCC)N1CCOC(c2cnn(C)c2)C1.I. The molecule has 1 aromatic rings. The van der Waals surface area contributed by atoms with Gasteiger partial charge < -0.3 is 15.0 Å². The van der Waals surface area contributed by atoms with Crippen LogP contribution in [0.2, 0.25) is 0 Å². The van der Waals surface area contributed by atoms with Gasteiger partial charge in [0.15, 0.2) is 5.96 Å². The zero-order valence-corrected chi connectivity index (χ0v) is 16.6. The van der Waals surface area contributed by atoms with Crippen molar-refractivity contribution in [2.75, 3.05) is 32.8 Å². The van der Waals surface area contributed by atoms with Crippen LogP contribution in [0.1, 0.15) is 31.9 Å². The van der Waals surface area contributed by atoms with Gasteiger partial charge in [0, 0.05) is 38.4 Å². The summed E-state index contributed by atoms with van der Waals surface area (Å²) in [5, 5.41) is 7.61. The van der Waals surface area contributed by atoms with Crippen molar-refractivity contribution in [2.24, 2.45) is 12.0 Å². The largest absolute Gasteiger partial charge is 0.370 e. The number of aliphatic imine (C=N–C) groups is 1. The van der Waals surface area contributed by atoms with E-state index in [-0.39, 0.29) is 30.1 Å². The summed E-state index contributed by atoms with van der Waals surface area (Å²) in [6, 6.07) is 0. The van der Waals surface area contributed by atoms with Crippen LogP contribution in [0.25, 0.3) is 0 Å². The standard InChI is InChI=1S/C16H27N5O.HI/c1-4-6-7-8-18-16(17-5-2)21-9-10-22-15(13-21)14-11-19-20(3)12-14;/h4,6,11-12,15H,5,7-10,13H2,1-3H3,(H,17,18);1H/b6-4+;. The highest BCUT2D eigenvalue weighted by molar-refractivity contribution is 14.0. The Morgan fingerprint density at radius 3 is 3.04 bits per heavy atom. The first-order chi connectivity index (χ1) is 10.7. The number of halogens is 1. The van der Waals surface area contributed by atoms with Gasteiger partial charge in [-0.3, -0.25) is 9.67 Å². The minimum atomic E-state index is 0. The number of hydrogen-bond donors (Lipinski definition) is 1. The number of guanidine groups is 1. The number of hydrogen-bond acceptors (Lipinski definition) is 3. The maximum Gasteiger partial charge on any atom is 0.194 e. The summed E-state index contributed by atoms with van der Waals surface area (Å²) in [7, 11) is 1.93. The van der Waals surface area contributed by atoms with Crippen LogP contribution in [0.5, 0.6) is 0 Å². The van der Waals surface area contributed by atoms with Crippen molar-refractivity contribution in [1.29, 1.82) is 0 Å². The van der Waals surface area contributed by atoms with Crippen molar-refractivity contribution in [1.82, 2.24) is 20.0 Å². The first-order valence-electron chi connectivity index (χ1n) is 7.99. The average molecular weight is 433 g/mol. The van der Waals surface area contributed by atoms with Gasteiger partial charge in [-0.15, -0.1) is 24.0 Å². The highest BCUT2D eigenvalue weighted by Crippen LogP contribution is 2.21. The van der Waals surface area contributed by atoms with Crippen molar-refractivity contribution < 1.29 is 4.74 Å². The molecule has 0 amide bonds. The molecule has 0 saturated carbocycles. The van der Waals surface area contributed by atoms with Crippen molar-refractivity contribution >= 4 is 29.9 Å². The van der Waals surface area contributed by atoms with Crippen LogP contribution < -0.4 is 5.32 Å². The third-order valence-corrected chi connectivity index (χ3v) is 3.59. The number of morpholine rings is 1. The Morgan fingerprint density at radius 1 is 1.57 bits per heavy atom. The second-order valence-electron chi connectivity index (χ2n) is 5.35. The molecule has 2 rings (SSSR count). The molecule has 130 valence electrons. The molecular weight excluding hydrogens is 405 g/mol. The van der Waals surface area contributed by atoms with E-state index in [0.29, 0.717) is 6.61 Å². The van der Waals surface area contributed by atoms with E-state index in [1.165, 1.54) is 0 Å². The van der Waals surface area contributed by atoms with Crippen LogP contribution in [0.15, 0.2) is 29.5 Å². The van der Waals surface area contributed by atoms with Gasteiger partial charge in [0.05, 0.1) is 19.3 Å². The second kappa shape index (κ2) is 10.6. The van der Waals surface area contributed by atoms with Crippen molar-refractivity contribution in [2.45, 2.75) is 26.4 Å². The van der Waals surface area contributed by atoms with Crippen LogP contribution in [0.4, 0.5) is 0 Å². The summed E-state index contributed by atoms with van der Waals surface area (Å²) in [4.78, 5) is 6.99. The predicted molar refractivity (Wildman–Crippen MR) is 104 cm³/mol. The van der Waals surface area contributed by atoms with Crippen LogP contribution in [0, 0.1) is 0 Å². The van der Waals surface area contributed by atoms with Gasteiger partial charge in [-0.1, -0.05) is 12.2 Å². The molecule has 0 aromatic carbocycles. The van der Waals surface area contributed by atoms with Gasteiger partial charge in [-0.2, -0.15) is 5.10 Å². The van der Waals surface area contributed by atoms with Crippen molar-refractivity contribution in [3.8, 4) is 0 Å². The predicted octanol–water partition coefficient (Wildman–Crippen LogP) is 2.34. The van der Waals surface area contributed by atoms with Gasteiger partial charge in [-0.05, 0) is 20.3 Å². The van der Waals surface area contributed by atoms with Gasteiger partial charge in [0.1, 0.15) is 6.10 Å². The summed E-state index contributed by atoms with van der Waals surface area (Å²) in [5.74, 6) is 0.976. The topological polar surface area (TPSA) is 54.7 Å². The van der Waals surface area contributed by atoms with E-state index < -0.39 is 0 Å². The molecule has 0 spiro atoms. The summed E-state index contributed by atoms with van der Waals surface area (Å²) < 4.78 is 7.70. The molecule has 2 heterocycles. The van der Waals surface area contributed by atoms with Crippen LogP contribution in [0.3, 0.4) is 0 Å². The van der Waals surface area contributed by atoms with Crippen LogP contribution in [-0.4, -0.2) is 53.4 Å². The molecule has 0 aliphatic carbocycles. The molecule has 1 aliphatic rings. The minimum Gasteiger partial charge on any atom is -0.370 e. The summed E-state index contributed by atoms with van der Waals surface area (Å²) >= 11 is 0. The first-order valence-corrected chi connectivity index (χ1v) is 7.99. The van der Waals surface area contributed by atoms with Crippen molar-refractivity contribution in [3.63, 3.8) is 0 Å². The fourth-order valence-corrected chi connectivity index (χ4v) is 2.49. The Hall–Kier alpha value is -1.09. The van der Waals surface area contributed by atoms with E-state index in [0.717, 1.165) is 44.1 Å². The fraction of sp³-hybridized carbons (Fsp3) is 0.625. The molecule has 1 N–H and O–H groups in total. The number of rotatable bonds is 5. The Morgan fingerprint density at radius 2 is 2.39 bits per heavy atom. The molecule has 0 radical (unpaired) electrons. The quantitative estimate of drug-likeness (QED) is 0.255. The van der Waals surface area contributed by atoms with Gasteiger partial charge in [-0.25, -0.2) is 0 Å². The summed E-state index contributed by atoms with van der Waals surface area (Å²) in [5.41, 5.74) is 1.12. The zero-order chi connectivity index (χ0) is 15.8. The molecule has 0 bridgehead atoms. The third-order valence-electron chi connectivity index (χ3n) is 3.59. The Kier molecular flexibility index (Phi) is 9.23. The minimum absolute atomic E-state index is 0. The molecule has 1 unspecified atom stereocenters. The Labute approximate surface area is 156 Å². The van der Waals surface area contributed by atoms with E-state index in [2.05, 4.69) is 34.4 Å². The monoisotopic (exact) mass is 433 g/mol. The molecule has 6 nitrogen and oxygen atoms in total. The molecule has 1 atom stereocenters. The number of aryl methyl sites for hydroxylation is 1. The van der Waals surface area contributed by atoms with Gasteiger partial charge in [0.25, 0.3) is 0 Å².